The van der Waals surface area contributed by atoms with Crippen LogP contribution in [0.1, 0.15) is 42.3 Å². The number of aryl methyl sites for hydroxylation is 2. The van der Waals surface area contributed by atoms with Crippen LogP contribution in [0.5, 0.6) is 11.5 Å². The van der Waals surface area contributed by atoms with Gasteiger partial charge in [-0.1, -0.05) is 24.6 Å². The second-order valence-electron chi connectivity index (χ2n) is 5.86. The van der Waals surface area contributed by atoms with Crippen LogP contribution in [0.3, 0.4) is 0 Å². The number of methoxy groups -OCH3 is 1. The van der Waals surface area contributed by atoms with E-state index in [4.69, 9.17) is 18.7 Å². The SMILES string of the molecule is CCCCOC(=O)/C=C/c1ccc(OCc2c(C)noc2C)c(OC)c1. The molecule has 0 radical (unpaired) electrons. The Morgan fingerprint density at radius 1 is 1.27 bits per heavy atom. The third kappa shape index (κ3) is 5.37. The zero-order chi connectivity index (χ0) is 18.9. The molecular formula is C20H25NO5. The van der Waals surface area contributed by atoms with Gasteiger partial charge < -0.3 is 18.7 Å². The molecule has 0 atom stereocenters. The Morgan fingerprint density at radius 2 is 2.08 bits per heavy atom. The summed E-state index contributed by atoms with van der Waals surface area (Å²) < 4.78 is 21.5. The second-order valence-corrected chi connectivity index (χ2v) is 5.86. The Kier molecular flexibility index (Phi) is 7.26. The third-order valence-electron chi connectivity index (χ3n) is 3.89. The lowest BCUT2D eigenvalue weighted by atomic mass is 10.2. The summed E-state index contributed by atoms with van der Waals surface area (Å²) in [4.78, 5) is 11.6. The quantitative estimate of drug-likeness (QED) is 0.379. The van der Waals surface area contributed by atoms with Crippen molar-refractivity contribution in [3.8, 4) is 11.5 Å². The maximum atomic E-state index is 11.6. The maximum Gasteiger partial charge on any atom is 0.330 e. The molecule has 0 aliphatic rings. The molecule has 0 N–H and O–H groups in total. The number of carbonyl (C=O) groups excluding carboxylic acids is 1. The molecule has 0 aliphatic heterocycles. The van der Waals surface area contributed by atoms with Gasteiger partial charge in [0.25, 0.3) is 0 Å². The van der Waals surface area contributed by atoms with Crippen molar-refractivity contribution < 1.29 is 23.5 Å². The number of hydrogen-bond acceptors (Lipinski definition) is 6. The van der Waals surface area contributed by atoms with Crippen molar-refractivity contribution >= 4 is 12.0 Å². The van der Waals surface area contributed by atoms with E-state index in [1.165, 1.54) is 6.08 Å². The minimum Gasteiger partial charge on any atom is -0.493 e. The Bertz CT molecular complexity index is 744. The predicted molar refractivity (Wildman–Crippen MR) is 98.2 cm³/mol. The monoisotopic (exact) mass is 359 g/mol. The van der Waals surface area contributed by atoms with Crippen LogP contribution in [0.2, 0.25) is 0 Å². The fraction of sp³-hybridized carbons (Fsp3) is 0.400. The molecule has 6 heteroatoms. The van der Waals surface area contributed by atoms with Gasteiger partial charge in [0.1, 0.15) is 12.4 Å². The molecule has 0 bridgehead atoms. The van der Waals surface area contributed by atoms with Crippen LogP contribution in [-0.2, 0) is 16.1 Å². The molecule has 0 amide bonds. The van der Waals surface area contributed by atoms with E-state index < -0.39 is 0 Å². The average molecular weight is 359 g/mol. The summed E-state index contributed by atoms with van der Waals surface area (Å²) >= 11 is 0. The summed E-state index contributed by atoms with van der Waals surface area (Å²) in [6.07, 6.45) is 4.96. The van der Waals surface area contributed by atoms with Gasteiger partial charge >= 0.3 is 5.97 Å². The van der Waals surface area contributed by atoms with Crippen molar-refractivity contribution in [2.75, 3.05) is 13.7 Å². The van der Waals surface area contributed by atoms with Gasteiger partial charge in [0, 0.05) is 6.08 Å². The minimum atomic E-state index is -0.351. The highest BCUT2D eigenvalue weighted by Crippen LogP contribution is 2.30. The van der Waals surface area contributed by atoms with E-state index in [0.717, 1.165) is 35.4 Å². The van der Waals surface area contributed by atoms with Gasteiger partial charge in [0.05, 0.1) is 25.0 Å². The largest absolute Gasteiger partial charge is 0.493 e. The average Bonchev–Trinajstić information content (AvgIpc) is 2.96. The van der Waals surface area contributed by atoms with Crippen LogP contribution in [0.15, 0.2) is 28.8 Å². The molecule has 0 unspecified atom stereocenters. The predicted octanol–water partition coefficient (Wildman–Crippen LogP) is 4.24. The van der Waals surface area contributed by atoms with Crippen LogP contribution in [0.4, 0.5) is 0 Å². The van der Waals surface area contributed by atoms with Crippen molar-refractivity contribution in [1.29, 1.82) is 0 Å². The van der Waals surface area contributed by atoms with Crippen LogP contribution >= 0.6 is 0 Å². The molecule has 6 nitrogen and oxygen atoms in total. The van der Waals surface area contributed by atoms with Gasteiger partial charge in [-0.15, -0.1) is 0 Å². The van der Waals surface area contributed by atoms with Crippen molar-refractivity contribution in [2.24, 2.45) is 0 Å². The van der Waals surface area contributed by atoms with E-state index >= 15 is 0 Å². The van der Waals surface area contributed by atoms with Crippen molar-refractivity contribution in [3.05, 3.63) is 46.9 Å². The molecule has 2 aromatic rings. The van der Waals surface area contributed by atoms with E-state index in [2.05, 4.69) is 5.16 Å². The number of rotatable bonds is 9. The number of unbranched alkanes of at least 4 members (excludes halogenated alkanes) is 1. The molecule has 1 aromatic heterocycles. The first-order chi connectivity index (χ1) is 12.5. The molecular weight excluding hydrogens is 334 g/mol. The first-order valence-electron chi connectivity index (χ1n) is 8.62. The fourth-order valence-corrected chi connectivity index (χ4v) is 2.29. The molecule has 0 aliphatic carbocycles. The van der Waals surface area contributed by atoms with E-state index in [1.54, 1.807) is 25.3 Å². The van der Waals surface area contributed by atoms with Crippen LogP contribution in [0, 0.1) is 13.8 Å². The van der Waals surface area contributed by atoms with E-state index in [9.17, 15) is 4.79 Å². The fourth-order valence-electron chi connectivity index (χ4n) is 2.29. The van der Waals surface area contributed by atoms with Gasteiger partial charge in [-0.2, -0.15) is 0 Å². The molecule has 0 spiro atoms. The zero-order valence-corrected chi connectivity index (χ0v) is 15.7. The summed E-state index contributed by atoms with van der Waals surface area (Å²) in [5.41, 5.74) is 2.55. The van der Waals surface area contributed by atoms with Crippen molar-refractivity contribution in [3.63, 3.8) is 0 Å². The maximum absolute atomic E-state index is 11.6. The lowest BCUT2D eigenvalue weighted by Crippen LogP contribution is -2.01. The number of esters is 1. The lowest BCUT2D eigenvalue weighted by Gasteiger charge is -2.11. The van der Waals surface area contributed by atoms with Gasteiger partial charge in [-0.05, 0) is 44.0 Å². The minimum absolute atomic E-state index is 0.344. The summed E-state index contributed by atoms with van der Waals surface area (Å²) in [6.45, 7) is 6.56. The van der Waals surface area contributed by atoms with Gasteiger partial charge in [-0.3, -0.25) is 0 Å². The number of ether oxygens (including phenoxy) is 3. The Hall–Kier alpha value is -2.76. The highest BCUT2D eigenvalue weighted by Gasteiger charge is 2.12. The Morgan fingerprint density at radius 3 is 2.73 bits per heavy atom. The van der Waals surface area contributed by atoms with E-state index in [0.29, 0.717) is 24.7 Å². The number of nitrogens with zero attached hydrogens (tertiary/aromatic N) is 1. The Labute approximate surface area is 153 Å². The second kappa shape index (κ2) is 9.65. The summed E-state index contributed by atoms with van der Waals surface area (Å²) in [5.74, 6) is 1.58. The molecule has 2 rings (SSSR count). The highest BCUT2D eigenvalue weighted by atomic mass is 16.5. The first kappa shape index (κ1) is 19.6. The van der Waals surface area contributed by atoms with Crippen molar-refractivity contribution in [2.45, 2.75) is 40.2 Å². The number of hydrogen-bond donors (Lipinski definition) is 0. The molecule has 1 aromatic carbocycles. The molecule has 0 saturated carbocycles. The molecule has 0 saturated heterocycles. The van der Waals surface area contributed by atoms with Crippen LogP contribution in [-0.4, -0.2) is 24.8 Å². The molecule has 140 valence electrons. The highest BCUT2D eigenvalue weighted by molar-refractivity contribution is 5.87. The molecule has 26 heavy (non-hydrogen) atoms. The van der Waals surface area contributed by atoms with Gasteiger partial charge in [0.15, 0.2) is 11.5 Å². The van der Waals surface area contributed by atoms with Crippen LogP contribution in [0.25, 0.3) is 6.08 Å². The van der Waals surface area contributed by atoms with E-state index in [-0.39, 0.29) is 5.97 Å². The summed E-state index contributed by atoms with van der Waals surface area (Å²) in [7, 11) is 1.57. The molecule has 1 heterocycles. The topological polar surface area (TPSA) is 70.8 Å². The Balaban J connectivity index is 2.01. The van der Waals surface area contributed by atoms with Gasteiger partial charge in [0.2, 0.25) is 0 Å². The standard InChI is InChI=1S/C20H25NO5/c1-5-6-11-24-20(22)10-8-16-7-9-18(19(12-16)23-4)25-13-17-14(2)21-26-15(17)3/h7-10,12H,5-6,11,13H2,1-4H3/b10-8+. The number of benzene rings is 1. The normalized spacial score (nSPS) is 10.9. The number of aromatic nitrogens is 1. The third-order valence-corrected chi connectivity index (χ3v) is 3.89. The lowest BCUT2D eigenvalue weighted by molar-refractivity contribution is -0.137. The van der Waals surface area contributed by atoms with Crippen LogP contribution < -0.4 is 9.47 Å². The summed E-state index contributed by atoms with van der Waals surface area (Å²) in [6, 6.07) is 5.46. The zero-order valence-electron chi connectivity index (χ0n) is 15.7. The summed E-state index contributed by atoms with van der Waals surface area (Å²) in [5, 5.41) is 3.91. The van der Waals surface area contributed by atoms with Crippen molar-refractivity contribution in [1.82, 2.24) is 5.16 Å². The first-order valence-corrected chi connectivity index (χ1v) is 8.62. The smallest absolute Gasteiger partial charge is 0.330 e. The molecule has 0 fully saturated rings. The van der Waals surface area contributed by atoms with Gasteiger partial charge in [-0.25, -0.2) is 4.79 Å². The van der Waals surface area contributed by atoms with E-state index in [1.807, 2.05) is 26.8 Å². The number of carbonyl (C=O) groups is 1.